The number of benzene rings is 1. The number of carbonyl (C=O) groups excluding carboxylic acids is 4. The fraction of sp³-hybridized carbons (Fsp3) is 0.238. The predicted octanol–water partition coefficient (Wildman–Crippen LogP) is 1.04. The van der Waals surface area contributed by atoms with Crippen LogP contribution in [0.1, 0.15) is 40.0 Å². The van der Waals surface area contributed by atoms with Crippen LogP contribution in [0.25, 0.3) is 0 Å². The molecule has 31 heavy (non-hydrogen) atoms. The standard InChI is InChI=1S/C21H18N6O4/c22-8-14-3-4-15(10-23-14)25-21(31)24-9-12-1-2-13-11-27(20(30)16(13)7-12)17-5-6-18(28)26-19(17)29/h1-4,7,10,17H,5-6,9,11H2,(H2,24,25,31)(H,26,28,29). The van der Waals surface area contributed by atoms with Crippen molar-refractivity contribution in [3.8, 4) is 6.07 Å². The number of hydrogen-bond acceptors (Lipinski definition) is 6. The van der Waals surface area contributed by atoms with Crippen LogP contribution in [0.5, 0.6) is 0 Å². The highest BCUT2D eigenvalue weighted by molar-refractivity contribution is 6.05. The zero-order valence-electron chi connectivity index (χ0n) is 16.3. The van der Waals surface area contributed by atoms with Gasteiger partial charge in [-0.05, 0) is 35.7 Å². The van der Waals surface area contributed by atoms with Crippen molar-refractivity contribution in [1.82, 2.24) is 20.5 Å². The Morgan fingerprint density at radius 1 is 1.26 bits per heavy atom. The van der Waals surface area contributed by atoms with Gasteiger partial charge in [0.25, 0.3) is 5.91 Å². The number of anilines is 1. The van der Waals surface area contributed by atoms with Crippen LogP contribution >= 0.6 is 0 Å². The second-order valence-corrected chi connectivity index (χ2v) is 7.24. The quantitative estimate of drug-likeness (QED) is 0.633. The molecule has 3 heterocycles. The molecule has 2 aliphatic rings. The van der Waals surface area contributed by atoms with Crippen LogP contribution in [0, 0.1) is 11.3 Å². The molecule has 4 rings (SSSR count). The highest BCUT2D eigenvalue weighted by Gasteiger charge is 2.39. The van der Waals surface area contributed by atoms with E-state index in [1.807, 2.05) is 12.1 Å². The van der Waals surface area contributed by atoms with E-state index in [9.17, 15) is 19.2 Å². The number of piperidine rings is 1. The molecule has 1 fully saturated rings. The van der Waals surface area contributed by atoms with Crippen molar-refractivity contribution in [2.24, 2.45) is 0 Å². The van der Waals surface area contributed by atoms with E-state index >= 15 is 0 Å². The molecule has 5 amide bonds. The summed E-state index contributed by atoms with van der Waals surface area (Å²) in [7, 11) is 0. The number of rotatable bonds is 4. The first-order valence-corrected chi connectivity index (χ1v) is 9.62. The molecule has 3 N–H and O–H groups in total. The van der Waals surface area contributed by atoms with Crippen molar-refractivity contribution >= 4 is 29.4 Å². The maximum Gasteiger partial charge on any atom is 0.319 e. The van der Waals surface area contributed by atoms with Gasteiger partial charge in [0.2, 0.25) is 11.8 Å². The summed E-state index contributed by atoms with van der Waals surface area (Å²) in [6.45, 7) is 0.495. The predicted molar refractivity (Wildman–Crippen MR) is 107 cm³/mol. The Morgan fingerprint density at radius 2 is 2.10 bits per heavy atom. The lowest BCUT2D eigenvalue weighted by Gasteiger charge is -2.29. The monoisotopic (exact) mass is 418 g/mol. The van der Waals surface area contributed by atoms with Crippen LogP contribution in [0.2, 0.25) is 0 Å². The molecule has 1 aromatic carbocycles. The summed E-state index contributed by atoms with van der Waals surface area (Å²) < 4.78 is 0. The minimum absolute atomic E-state index is 0.189. The molecule has 1 atom stereocenters. The lowest BCUT2D eigenvalue weighted by Crippen LogP contribution is -2.52. The van der Waals surface area contributed by atoms with E-state index in [1.165, 1.54) is 17.2 Å². The van der Waals surface area contributed by atoms with Gasteiger partial charge in [-0.3, -0.25) is 19.7 Å². The van der Waals surface area contributed by atoms with Gasteiger partial charge in [-0.2, -0.15) is 5.26 Å². The minimum Gasteiger partial charge on any atom is -0.334 e. The van der Waals surface area contributed by atoms with Crippen LogP contribution in [-0.2, 0) is 22.7 Å². The molecule has 0 saturated carbocycles. The van der Waals surface area contributed by atoms with Gasteiger partial charge in [-0.1, -0.05) is 12.1 Å². The Morgan fingerprint density at radius 3 is 2.81 bits per heavy atom. The number of fused-ring (bicyclic) bond motifs is 1. The summed E-state index contributed by atoms with van der Waals surface area (Å²) in [5.74, 6) is -1.04. The van der Waals surface area contributed by atoms with Gasteiger partial charge < -0.3 is 15.5 Å². The number of nitriles is 1. The first kappa shape index (κ1) is 20.0. The van der Waals surface area contributed by atoms with Gasteiger partial charge >= 0.3 is 6.03 Å². The van der Waals surface area contributed by atoms with Crippen molar-refractivity contribution in [3.05, 3.63) is 58.9 Å². The van der Waals surface area contributed by atoms with Crippen molar-refractivity contribution in [2.45, 2.75) is 32.0 Å². The Labute approximate surface area is 177 Å². The first-order valence-electron chi connectivity index (χ1n) is 9.62. The number of hydrogen-bond donors (Lipinski definition) is 3. The van der Waals surface area contributed by atoms with Crippen LogP contribution in [0.3, 0.4) is 0 Å². The van der Waals surface area contributed by atoms with E-state index < -0.39 is 18.0 Å². The molecule has 0 spiro atoms. The van der Waals surface area contributed by atoms with Gasteiger partial charge in [0, 0.05) is 25.1 Å². The van der Waals surface area contributed by atoms with E-state index in [-0.39, 0.29) is 30.5 Å². The van der Waals surface area contributed by atoms with Gasteiger partial charge in [-0.15, -0.1) is 0 Å². The zero-order valence-corrected chi connectivity index (χ0v) is 16.3. The molecule has 1 saturated heterocycles. The topological polar surface area (TPSA) is 144 Å². The number of carbonyl (C=O) groups is 4. The van der Waals surface area contributed by atoms with E-state index in [0.717, 1.165) is 11.1 Å². The summed E-state index contributed by atoms with van der Waals surface area (Å²) in [6, 6.07) is 9.17. The summed E-state index contributed by atoms with van der Waals surface area (Å²) in [4.78, 5) is 53.8. The third-order valence-electron chi connectivity index (χ3n) is 5.18. The third-order valence-corrected chi connectivity index (χ3v) is 5.18. The number of nitrogens with one attached hydrogen (secondary N) is 3. The highest BCUT2D eigenvalue weighted by Crippen LogP contribution is 2.28. The molecule has 0 radical (unpaired) electrons. The molecular weight excluding hydrogens is 400 g/mol. The summed E-state index contributed by atoms with van der Waals surface area (Å²) in [5.41, 5.74) is 2.71. The van der Waals surface area contributed by atoms with Crippen LogP contribution in [0.4, 0.5) is 10.5 Å². The van der Waals surface area contributed by atoms with Crippen molar-refractivity contribution in [1.29, 1.82) is 5.26 Å². The average molecular weight is 418 g/mol. The molecular formula is C21H18N6O4. The second-order valence-electron chi connectivity index (χ2n) is 7.24. The average Bonchev–Trinajstić information content (AvgIpc) is 3.08. The zero-order chi connectivity index (χ0) is 22.0. The number of urea groups is 1. The SMILES string of the molecule is N#Cc1ccc(NC(=O)NCc2ccc3c(c2)C(=O)N(C2CCC(=O)NC2=O)C3)cn1. The lowest BCUT2D eigenvalue weighted by atomic mass is 10.0. The number of nitrogens with zero attached hydrogens (tertiary/aromatic N) is 3. The number of amides is 5. The molecule has 1 aromatic heterocycles. The Hall–Kier alpha value is -4.26. The number of imide groups is 1. The van der Waals surface area contributed by atoms with Crippen LogP contribution in [0.15, 0.2) is 36.5 Å². The summed E-state index contributed by atoms with van der Waals surface area (Å²) >= 11 is 0. The van der Waals surface area contributed by atoms with E-state index in [4.69, 9.17) is 5.26 Å². The van der Waals surface area contributed by atoms with Gasteiger partial charge in [0.15, 0.2) is 0 Å². The van der Waals surface area contributed by atoms with Crippen molar-refractivity contribution in [3.63, 3.8) is 0 Å². The molecule has 0 bridgehead atoms. The summed E-state index contributed by atoms with van der Waals surface area (Å²) in [6.07, 6.45) is 1.90. The van der Waals surface area contributed by atoms with E-state index in [1.54, 1.807) is 18.2 Å². The maximum absolute atomic E-state index is 12.8. The van der Waals surface area contributed by atoms with Crippen molar-refractivity contribution < 1.29 is 19.2 Å². The third kappa shape index (κ3) is 4.20. The molecule has 0 aliphatic carbocycles. The first-order chi connectivity index (χ1) is 14.9. The van der Waals surface area contributed by atoms with Crippen LogP contribution in [-0.4, -0.2) is 39.7 Å². The Balaban J connectivity index is 1.37. The summed E-state index contributed by atoms with van der Waals surface area (Å²) in [5, 5.41) is 16.3. The van der Waals surface area contributed by atoms with Crippen molar-refractivity contribution in [2.75, 3.05) is 5.32 Å². The fourth-order valence-electron chi connectivity index (χ4n) is 3.60. The largest absolute Gasteiger partial charge is 0.334 e. The second kappa shape index (κ2) is 8.23. The van der Waals surface area contributed by atoms with Gasteiger partial charge in [-0.25, -0.2) is 9.78 Å². The van der Waals surface area contributed by atoms with Gasteiger partial charge in [0.05, 0.1) is 11.9 Å². The fourth-order valence-corrected chi connectivity index (χ4v) is 3.60. The smallest absolute Gasteiger partial charge is 0.319 e. The minimum atomic E-state index is -0.661. The highest BCUT2D eigenvalue weighted by atomic mass is 16.2. The molecule has 156 valence electrons. The normalized spacial score (nSPS) is 17.6. The number of aromatic nitrogens is 1. The molecule has 1 unspecified atom stereocenters. The van der Waals surface area contributed by atoms with Crippen LogP contribution < -0.4 is 16.0 Å². The Bertz CT molecular complexity index is 1120. The van der Waals surface area contributed by atoms with E-state index in [0.29, 0.717) is 24.2 Å². The maximum atomic E-state index is 12.8. The Kier molecular flexibility index (Phi) is 5.32. The van der Waals surface area contributed by atoms with E-state index in [2.05, 4.69) is 20.9 Å². The lowest BCUT2D eigenvalue weighted by molar-refractivity contribution is -0.136. The molecule has 10 nitrogen and oxygen atoms in total. The molecule has 10 heteroatoms. The van der Waals surface area contributed by atoms with Gasteiger partial charge in [0.1, 0.15) is 17.8 Å². The molecule has 2 aromatic rings. The number of pyridine rings is 1. The molecule has 2 aliphatic heterocycles.